The third kappa shape index (κ3) is 3.21. The largest absolute Gasteiger partial charge is 0.435 e. The number of aryl methyl sites for hydroxylation is 2. The summed E-state index contributed by atoms with van der Waals surface area (Å²) in [6.07, 6.45) is 3.02. The number of benzene rings is 2. The van der Waals surface area contributed by atoms with Crippen LogP contribution >= 0.6 is 19.0 Å². The Morgan fingerprint density at radius 1 is 1.23 bits per heavy atom. The highest BCUT2D eigenvalue weighted by atomic mass is 35.5. The van der Waals surface area contributed by atoms with Crippen LogP contribution in [0.25, 0.3) is 10.9 Å². The number of nitrogens with zero attached hydrogens (tertiary/aromatic N) is 2. The van der Waals surface area contributed by atoms with E-state index in [0.717, 1.165) is 11.1 Å². The van der Waals surface area contributed by atoms with E-state index in [4.69, 9.17) is 16.1 Å². The summed E-state index contributed by atoms with van der Waals surface area (Å²) < 4.78 is 20.0. The zero-order chi connectivity index (χ0) is 21.8. The van der Waals surface area contributed by atoms with Gasteiger partial charge in [0.25, 0.3) is 5.91 Å². The van der Waals surface area contributed by atoms with Crippen molar-refractivity contribution < 1.29 is 13.9 Å². The van der Waals surface area contributed by atoms with Crippen molar-refractivity contribution in [2.75, 3.05) is 0 Å². The lowest BCUT2D eigenvalue weighted by Crippen LogP contribution is -2.36. The smallest absolute Gasteiger partial charge is 0.313 e. The molecule has 0 saturated heterocycles. The zero-order valence-corrected chi connectivity index (χ0v) is 18.4. The van der Waals surface area contributed by atoms with Gasteiger partial charge in [0.05, 0.1) is 22.8 Å². The molecule has 4 aromatic rings. The van der Waals surface area contributed by atoms with Crippen LogP contribution in [-0.4, -0.2) is 20.9 Å². The van der Waals surface area contributed by atoms with Crippen LogP contribution in [0.2, 0.25) is 5.02 Å². The SMILES string of the molecule is Cc1cc(C)c2c(c1)P(=O)(c1c(C(=O)NCc3ccncn3)[nH]c3ccc(Cl)cc13)O2. The number of aromatic amines is 1. The Hall–Kier alpha value is -3.15. The standard InChI is InChI=1S/C22H18ClN4O3P/c1-12-7-13(2)20-18(8-12)31(29,30-20)21-16-9-14(23)3-4-17(16)27-19(21)22(28)25-10-15-5-6-24-11-26-15/h3-9,11,27H,10H2,1-2H3,(H,25,28). The molecule has 0 bridgehead atoms. The summed E-state index contributed by atoms with van der Waals surface area (Å²) >= 11 is 6.22. The molecule has 1 amide bonds. The van der Waals surface area contributed by atoms with Gasteiger partial charge >= 0.3 is 7.37 Å². The van der Waals surface area contributed by atoms with Crippen molar-refractivity contribution in [3.05, 3.63) is 76.5 Å². The molecule has 0 aliphatic carbocycles. The van der Waals surface area contributed by atoms with Gasteiger partial charge in [0.15, 0.2) is 0 Å². The normalized spacial score (nSPS) is 17.0. The fourth-order valence-corrected chi connectivity index (χ4v) is 6.67. The highest BCUT2D eigenvalue weighted by molar-refractivity contribution is 7.77. The molecule has 3 heterocycles. The van der Waals surface area contributed by atoms with Gasteiger partial charge < -0.3 is 14.8 Å². The number of fused-ring (bicyclic) bond motifs is 2. The summed E-state index contributed by atoms with van der Waals surface area (Å²) in [6.45, 7) is 4.06. The minimum absolute atomic E-state index is 0.194. The molecule has 31 heavy (non-hydrogen) atoms. The van der Waals surface area contributed by atoms with Crippen molar-refractivity contribution in [1.29, 1.82) is 0 Å². The van der Waals surface area contributed by atoms with Crippen LogP contribution in [0.1, 0.15) is 27.3 Å². The number of carbonyl (C=O) groups is 1. The molecule has 156 valence electrons. The summed E-state index contributed by atoms with van der Waals surface area (Å²) in [5.74, 6) is 0.204. The summed E-state index contributed by atoms with van der Waals surface area (Å²) in [7, 11) is -3.47. The average Bonchev–Trinajstić information content (AvgIpc) is 3.13. The van der Waals surface area contributed by atoms with Crippen LogP contribution in [0, 0.1) is 13.8 Å². The number of hydrogen-bond donors (Lipinski definition) is 2. The van der Waals surface area contributed by atoms with Gasteiger partial charge in [-0.1, -0.05) is 17.7 Å². The molecule has 2 aromatic heterocycles. The molecule has 2 aromatic carbocycles. The highest BCUT2D eigenvalue weighted by Crippen LogP contribution is 2.58. The molecule has 2 N–H and O–H groups in total. The second kappa shape index (κ2) is 7.22. The summed E-state index contributed by atoms with van der Waals surface area (Å²) in [5, 5.41) is 4.87. The Morgan fingerprint density at radius 3 is 2.84 bits per heavy atom. The maximum atomic E-state index is 14.1. The Labute approximate surface area is 183 Å². The first-order valence-corrected chi connectivity index (χ1v) is 11.6. The minimum atomic E-state index is -3.47. The molecule has 5 rings (SSSR count). The Bertz CT molecular complexity index is 1400. The average molecular weight is 453 g/mol. The van der Waals surface area contributed by atoms with E-state index >= 15 is 0 Å². The van der Waals surface area contributed by atoms with Crippen molar-refractivity contribution in [1.82, 2.24) is 20.3 Å². The fourth-order valence-electron chi connectivity index (χ4n) is 3.88. The van der Waals surface area contributed by atoms with Crippen LogP contribution in [0.4, 0.5) is 0 Å². The molecular weight excluding hydrogens is 435 g/mol. The quantitative estimate of drug-likeness (QED) is 0.459. The van der Waals surface area contributed by atoms with E-state index in [2.05, 4.69) is 20.3 Å². The molecule has 1 atom stereocenters. The van der Waals surface area contributed by atoms with E-state index in [-0.39, 0.29) is 12.2 Å². The molecule has 0 spiro atoms. The van der Waals surface area contributed by atoms with Crippen LogP contribution in [-0.2, 0) is 11.1 Å². The highest BCUT2D eigenvalue weighted by Gasteiger charge is 2.47. The Kier molecular flexibility index (Phi) is 4.61. The van der Waals surface area contributed by atoms with Crippen molar-refractivity contribution >= 4 is 46.4 Å². The number of nitrogens with one attached hydrogen (secondary N) is 2. The van der Waals surface area contributed by atoms with Crippen molar-refractivity contribution in [2.24, 2.45) is 0 Å². The number of rotatable bonds is 4. The van der Waals surface area contributed by atoms with Crippen molar-refractivity contribution in [3.63, 3.8) is 0 Å². The van der Waals surface area contributed by atoms with Crippen molar-refractivity contribution in [3.8, 4) is 5.75 Å². The van der Waals surface area contributed by atoms with Gasteiger partial charge in [-0.25, -0.2) is 9.97 Å². The fraction of sp³-hybridized carbons (Fsp3) is 0.136. The van der Waals surface area contributed by atoms with E-state index in [1.807, 2.05) is 26.0 Å². The Morgan fingerprint density at radius 2 is 2.06 bits per heavy atom. The molecule has 0 radical (unpaired) electrons. The van der Waals surface area contributed by atoms with E-state index in [1.54, 1.807) is 30.5 Å². The van der Waals surface area contributed by atoms with Gasteiger partial charge in [0.2, 0.25) is 0 Å². The number of amides is 1. The van der Waals surface area contributed by atoms with E-state index < -0.39 is 13.3 Å². The number of aromatic nitrogens is 3. The molecule has 0 fully saturated rings. The van der Waals surface area contributed by atoms with E-state index in [0.29, 0.717) is 38.0 Å². The van der Waals surface area contributed by atoms with Gasteiger partial charge in [-0.05, 0) is 55.3 Å². The van der Waals surface area contributed by atoms with Crippen LogP contribution < -0.4 is 20.4 Å². The number of carbonyl (C=O) groups excluding carboxylic acids is 1. The predicted molar refractivity (Wildman–Crippen MR) is 120 cm³/mol. The van der Waals surface area contributed by atoms with Crippen LogP contribution in [0.5, 0.6) is 5.75 Å². The van der Waals surface area contributed by atoms with Gasteiger partial charge in [-0.15, -0.1) is 0 Å². The summed E-state index contributed by atoms with van der Waals surface area (Å²) in [6, 6.07) is 10.7. The molecule has 1 aliphatic rings. The van der Waals surface area contributed by atoms with Gasteiger partial charge in [0.1, 0.15) is 17.8 Å². The lowest BCUT2D eigenvalue weighted by atomic mass is 10.1. The zero-order valence-electron chi connectivity index (χ0n) is 16.8. The molecule has 9 heteroatoms. The lowest BCUT2D eigenvalue weighted by Gasteiger charge is -2.33. The third-order valence-electron chi connectivity index (χ3n) is 5.26. The van der Waals surface area contributed by atoms with Gasteiger partial charge in [-0.2, -0.15) is 0 Å². The molecular formula is C22H18ClN4O3P. The van der Waals surface area contributed by atoms with Crippen LogP contribution in [0.15, 0.2) is 48.9 Å². The number of hydrogen-bond acceptors (Lipinski definition) is 5. The van der Waals surface area contributed by atoms with Gasteiger partial charge in [0, 0.05) is 22.1 Å². The Balaban J connectivity index is 1.62. The van der Waals surface area contributed by atoms with Crippen LogP contribution in [0.3, 0.4) is 0 Å². The molecule has 7 nitrogen and oxygen atoms in total. The predicted octanol–water partition coefficient (Wildman–Crippen LogP) is 3.78. The topological polar surface area (TPSA) is 97.0 Å². The molecule has 1 aliphatic heterocycles. The third-order valence-corrected chi connectivity index (χ3v) is 7.96. The first-order valence-electron chi connectivity index (χ1n) is 9.63. The van der Waals surface area contributed by atoms with E-state index in [1.165, 1.54) is 6.33 Å². The first-order chi connectivity index (χ1) is 14.9. The summed E-state index contributed by atoms with van der Waals surface area (Å²) in [4.78, 5) is 24.2. The first kappa shape index (κ1) is 19.8. The monoisotopic (exact) mass is 452 g/mol. The number of halogens is 1. The number of H-pyrrole nitrogens is 1. The lowest BCUT2D eigenvalue weighted by molar-refractivity contribution is 0.0947. The van der Waals surface area contributed by atoms with E-state index in [9.17, 15) is 9.36 Å². The molecule has 1 unspecified atom stereocenters. The molecule has 0 saturated carbocycles. The van der Waals surface area contributed by atoms with Gasteiger partial charge in [-0.3, -0.25) is 9.36 Å². The minimum Gasteiger partial charge on any atom is -0.435 e. The summed E-state index contributed by atoms with van der Waals surface area (Å²) in [5.41, 5.74) is 3.40. The van der Waals surface area contributed by atoms with Crippen molar-refractivity contribution in [2.45, 2.75) is 20.4 Å². The second-order valence-corrected chi connectivity index (χ2v) is 10.1. The maximum absolute atomic E-state index is 14.1. The second-order valence-electron chi connectivity index (χ2n) is 7.49. The maximum Gasteiger partial charge on any atom is 0.313 e.